The van der Waals surface area contributed by atoms with E-state index in [1.165, 1.54) is 24.3 Å². The van der Waals surface area contributed by atoms with Crippen LogP contribution in [0, 0.1) is 12.8 Å². The van der Waals surface area contributed by atoms with E-state index in [1.807, 2.05) is 19.1 Å². The van der Waals surface area contributed by atoms with E-state index in [1.54, 1.807) is 12.1 Å². The van der Waals surface area contributed by atoms with Crippen LogP contribution in [-0.2, 0) is 14.6 Å². The number of hydrogen-bond acceptors (Lipinski definition) is 3. The lowest BCUT2D eigenvalue weighted by molar-refractivity contribution is -0.138. The minimum atomic E-state index is -3.72. The Labute approximate surface area is 139 Å². The largest absolute Gasteiger partial charge is 0.481 e. The molecule has 23 heavy (non-hydrogen) atoms. The van der Waals surface area contributed by atoms with E-state index in [9.17, 15) is 18.3 Å². The van der Waals surface area contributed by atoms with E-state index < -0.39 is 32.9 Å². The Bertz CT molecular complexity index is 841. The van der Waals surface area contributed by atoms with Crippen molar-refractivity contribution in [2.24, 2.45) is 5.92 Å². The van der Waals surface area contributed by atoms with Crippen molar-refractivity contribution in [1.29, 1.82) is 0 Å². The van der Waals surface area contributed by atoms with Gasteiger partial charge in [0, 0.05) is 10.9 Å². The third-order valence-corrected chi connectivity index (χ3v) is 6.69. The molecule has 1 N–H and O–H groups in total. The maximum Gasteiger partial charge on any atom is 0.308 e. The van der Waals surface area contributed by atoms with Crippen LogP contribution in [0.25, 0.3) is 0 Å². The average Bonchev–Trinajstić information content (AvgIpc) is 3.25. The van der Waals surface area contributed by atoms with Gasteiger partial charge < -0.3 is 5.11 Å². The van der Waals surface area contributed by atoms with Crippen LogP contribution in [-0.4, -0.2) is 24.7 Å². The normalized spacial score (nSPS) is 23.5. The number of carbonyl (C=O) groups is 1. The third kappa shape index (κ3) is 2.86. The first-order valence-corrected chi connectivity index (χ1v) is 9.03. The molecule has 0 aliphatic heterocycles. The number of carboxylic acids is 1. The van der Waals surface area contributed by atoms with Gasteiger partial charge in [0.2, 0.25) is 0 Å². The molecule has 0 unspecified atom stereocenters. The van der Waals surface area contributed by atoms with Crippen LogP contribution in [0.2, 0.25) is 5.02 Å². The minimum absolute atomic E-state index is 0.104. The summed E-state index contributed by atoms with van der Waals surface area (Å²) >= 11 is 5.79. The molecule has 1 aliphatic rings. The highest BCUT2D eigenvalue weighted by atomic mass is 35.5. The van der Waals surface area contributed by atoms with Gasteiger partial charge in [-0.15, -0.1) is 0 Å². The van der Waals surface area contributed by atoms with E-state index in [0.717, 1.165) is 11.1 Å². The summed E-state index contributed by atoms with van der Waals surface area (Å²) < 4.78 is 25.5. The van der Waals surface area contributed by atoms with Crippen LogP contribution < -0.4 is 0 Å². The molecule has 4 nitrogen and oxygen atoms in total. The van der Waals surface area contributed by atoms with Gasteiger partial charge in [0.05, 0.1) is 16.1 Å². The molecule has 0 heterocycles. The Morgan fingerprint density at radius 3 is 2.13 bits per heavy atom. The Kier molecular flexibility index (Phi) is 3.94. The van der Waals surface area contributed by atoms with E-state index in [0.29, 0.717) is 5.02 Å². The van der Waals surface area contributed by atoms with Crippen molar-refractivity contribution in [3.8, 4) is 0 Å². The van der Waals surface area contributed by atoms with Crippen LogP contribution in [0.1, 0.15) is 17.0 Å². The fraction of sp³-hybridized carbons (Fsp3) is 0.235. The van der Waals surface area contributed by atoms with E-state index in [4.69, 9.17) is 11.6 Å². The summed E-state index contributed by atoms with van der Waals surface area (Å²) in [6.45, 7) is 1.92. The van der Waals surface area contributed by atoms with Crippen molar-refractivity contribution in [3.05, 3.63) is 64.7 Å². The average molecular weight is 351 g/mol. The molecule has 1 saturated carbocycles. The lowest BCUT2D eigenvalue weighted by Crippen LogP contribution is -2.13. The van der Waals surface area contributed by atoms with Gasteiger partial charge in [0.25, 0.3) is 0 Å². The summed E-state index contributed by atoms with van der Waals surface area (Å²) in [4.78, 5) is 11.6. The first-order valence-electron chi connectivity index (χ1n) is 7.11. The third-order valence-electron chi connectivity index (χ3n) is 4.20. The number of aryl methyl sites for hydroxylation is 1. The number of benzene rings is 2. The molecule has 6 heteroatoms. The molecule has 120 valence electrons. The summed E-state index contributed by atoms with van der Waals surface area (Å²) in [7, 11) is -3.72. The first-order chi connectivity index (χ1) is 10.8. The molecular weight excluding hydrogens is 336 g/mol. The number of halogens is 1. The highest BCUT2D eigenvalue weighted by Crippen LogP contribution is 2.54. The first kappa shape index (κ1) is 16.0. The fourth-order valence-corrected chi connectivity index (χ4v) is 5.18. The summed E-state index contributed by atoms with van der Waals surface area (Å²) in [6, 6.07) is 13.1. The second kappa shape index (κ2) is 5.65. The van der Waals surface area contributed by atoms with Gasteiger partial charge in [-0.05, 0) is 36.8 Å². The zero-order valence-corrected chi connectivity index (χ0v) is 13.9. The molecule has 2 aromatic carbocycles. The molecule has 0 aromatic heterocycles. The smallest absolute Gasteiger partial charge is 0.308 e. The molecule has 0 saturated heterocycles. The van der Waals surface area contributed by atoms with Crippen molar-refractivity contribution in [3.63, 3.8) is 0 Å². The Morgan fingerprint density at radius 2 is 1.61 bits per heavy atom. The van der Waals surface area contributed by atoms with Crippen molar-refractivity contribution >= 4 is 27.4 Å². The second-order valence-electron chi connectivity index (χ2n) is 5.76. The van der Waals surface area contributed by atoms with Crippen molar-refractivity contribution in [1.82, 2.24) is 0 Å². The van der Waals surface area contributed by atoms with Crippen molar-refractivity contribution < 1.29 is 18.3 Å². The van der Waals surface area contributed by atoms with Crippen LogP contribution in [0.5, 0.6) is 0 Å². The zero-order chi connectivity index (χ0) is 16.8. The monoisotopic (exact) mass is 350 g/mol. The zero-order valence-electron chi connectivity index (χ0n) is 12.3. The molecular formula is C17H15ClO4S. The summed E-state index contributed by atoms with van der Waals surface area (Å²) in [6.07, 6.45) is 0. The van der Waals surface area contributed by atoms with Gasteiger partial charge in [0.1, 0.15) is 0 Å². The van der Waals surface area contributed by atoms with E-state index >= 15 is 0 Å². The van der Waals surface area contributed by atoms with Gasteiger partial charge in [-0.3, -0.25) is 4.79 Å². The Morgan fingerprint density at radius 1 is 1.04 bits per heavy atom. The SMILES string of the molecule is Cc1ccc([C@@H]2[C@@H](C(=O)O)[C@@H]2S(=O)(=O)c2ccc(Cl)cc2)cc1. The topological polar surface area (TPSA) is 71.4 Å². The summed E-state index contributed by atoms with van der Waals surface area (Å²) in [5.74, 6) is -2.52. The van der Waals surface area contributed by atoms with Crippen molar-refractivity contribution in [2.75, 3.05) is 0 Å². The molecule has 0 amide bonds. The molecule has 0 spiro atoms. The minimum Gasteiger partial charge on any atom is -0.481 e. The number of carboxylic acid groups (broad SMARTS) is 1. The number of hydrogen-bond donors (Lipinski definition) is 1. The number of aliphatic carboxylic acids is 1. The van der Waals surface area contributed by atoms with Gasteiger partial charge in [-0.2, -0.15) is 0 Å². The molecule has 3 atom stereocenters. The van der Waals surface area contributed by atoms with Gasteiger partial charge >= 0.3 is 5.97 Å². The molecule has 0 radical (unpaired) electrons. The maximum atomic E-state index is 12.8. The van der Waals surface area contributed by atoms with Crippen LogP contribution in [0.4, 0.5) is 0 Å². The van der Waals surface area contributed by atoms with E-state index in [2.05, 4.69) is 0 Å². The van der Waals surface area contributed by atoms with Crippen molar-refractivity contribution in [2.45, 2.75) is 23.0 Å². The number of sulfone groups is 1. The quantitative estimate of drug-likeness (QED) is 0.918. The fourth-order valence-electron chi connectivity index (χ4n) is 2.93. The standard InChI is InChI=1S/C17H15ClO4S/c1-10-2-4-11(5-3-10)14-15(17(19)20)16(14)23(21,22)13-8-6-12(18)7-9-13/h2-9,14-16H,1H3,(H,19,20)/t14-,15-,16-/m1/s1. The van der Waals surface area contributed by atoms with Crippen LogP contribution in [0.3, 0.4) is 0 Å². The highest BCUT2D eigenvalue weighted by Gasteiger charge is 2.63. The van der Waals surface area contributed by atoms with Gasteiger partial charge in [-0.1, -0.05) is 41.4 Å². The second-order valence-corrected chi connectivity index (χ2v) is 8.31. The van der Waals surface area contributed by atoms with Crippen LogP contribution in [0.15, 0.2) is 53.4 Å². The predicted molar refractivity (Wildman–Crippen MR) is 87.5 cm³/mol. The maximum absolute atomic E-state index is 12.8. The lowest BCUT2D eigenvalue weighted by Gasteiger charge is -2.04. The molecule has 1 fully saturated rings. The van der Waals surface area contributed by atoms with E-state index in [-0.39, 0.29) is 4.90 Å². The van der Waals surface area contributed by atoms with Gasteiger partial charge in [0.15, 0.2) is 9.84 Å². The lowest BCUT2D eigenvalue weighted by atomic mass is 10.1. The summed E-state index contributed by atoms with van der Waals surface area (Å²) in [5.41, 5.74) is 1.78. The van der Waals surface area contributed by atoms with Crippen LogP contribution >= 0.6 is 11.6 Å². The highest BCUT2D eigenvalue weighted by molar-refractivity contribution is 7.92. The molecule has 1 aliphatic carbocycles. The molecule has 3 rings (SSSR count). The Hall–Kier alpha value is -1.85. The molecule has 0 bridgehead atoms. The molecule has 2 aromatic rings. The predicted octanol–water partition coefficient (Wildman–Crippen LogP) is 3.29. The Balaban J connectivity index is 1.98. The van der Waals surface area contributed by atoms with Gasteiger partial charge in [-0.25, -0.2) is 8.42 Å². The number of rotatable bonds is 4. The summed E-state index contributed by atoms with van der Waals surface area (Å²) in [5, 5.41) is 8.87.